The normalized spacial score (nSPS) is 10.2. The standard InChI is InChI=1S/C17H19N5O2S/c1-24-8-7-22(11-13-5-3-2-4-6-13)15(23)12-25-17-20-10-14(9-18)16(19)21-17/h2-6,10H,7-8,11-12H2,1H3,(H2,19,20,21). The van der Waals surface area contributed by atoms with Gasteiger partial charge >= 0.3 is 0 Å². The number of aromatic nitrogens is 2. The van der Waals surface area contributed by atoms with Crippen LogP contribution in [0.3, 0.4) is 0 Å². The van der Waals surface area contributed by atoms with Crippen molar-refractivity contribution >= 4 is 23.5 Å². The van der Waals surface area contributed by atoms with Crippen LogP contribution in [-0.2, 0) is 16.1 Å². The fraction of sp³-hybridized carbons (Fsp3) is 0.294. The molecule has 25 heavy (non-hydrogen) atoms. The van der Waals surface area contributed by atoms with Gasteiger partial charge in [-0.2, -0.15) is 5.26 Å². The molecule has 0 aliphatic carbocycles. The minimum absolute atomic E-state index is 0.0440. The molecule has 2 rings (SSSR count). The van der Waals surface area contributed by atoms with Crippen molar-refractivity contribution in [3.8, 4) is 6.07 Å². The summed E-state index contributed by atoms with van der Waals surface area (Å²) in [6, 6.07) is 11.7. The van der Waals surface area contributed by atoms with Crippen molar-refractivity contribution in [1.82, 2.24) is 14.9 Å². The largest absolute Gasteiger partial charge is 0.383 e. The number of methoxy groups -OCH3 is 1. The van der Waals surface area contributed by atoms with Crippen LogP contribution in [0, 0.1) is 11.3 Å². The summed E-state index contributed by atoms with van der Waals surface area (Å²) >= 11 is 1.19. The Morgan fingerprint density at radius 1 is 1.40 bits per heavy atom. The van der Waals surface area contributed by atoms with Gasteiger partial charge in [0.15, 0.2) is 5.16 Å². The number of nitrogens with two attached hydrogens (primary N) is 1. The molecule has 1 aromatic heterocycles. The smallest absolute Gasteiger partial charge is 0.233 e. The number of thioether (sulfide) groups is 1. The van der Waals surface area contributed by atoms with E-state index in [0.717, 1.165) is 5.56 Å². The van der Waals surface area contributed by atoms with E-state index in [4.69, 9.17) is 15.7 Å². The van der Waals surface area contributed by atoms with E-state index in [1.54, 1.807) is 12.0 Å². The second-order valence-corrected chi connectivity index (χ2v) is 6.09. The lowest BCUT2D eigenvalue weighted by Gasteiger charge is -2.22. The average Bonchev–Trinajstić information content (AvgIpc) is 2.64. The zero-order chi connectivity index (χ0) is 18.1. The van der Waals surface area contributed by atoms with Gasteiger partial charge in [0, 0.05) is 20.2 Å². The van der Waals surface area contributed by atoms with Crippen molar-refractivity contribution in [3.05, 3.63) is 47.7 Å². The highest BCUT2D eigenvalue weighted by Crippen LogP contribution is 2.17. The third-order valence-corrected chi connectivity index (χ3v) is 4.22. The van der Waals surface area contributed by atoms with Gasteiger partial charge in [-0.15, -0.1) is 0 Å². The van der Waals surface area contributed by atoms with Gasteiger partial charge in [0.05, 0.1) is 18.6 Å². The van der Waals surface area contributed by atoms with Crippen LogP contribution in [0.25, 0.3) is 0 Å². The molecule has 130 valence electrons. The van der Waals surface area contributed by atoms with E-state index in [2.05, 4.69) is 9.97 Å². The highest BCUT2D eigenvalue weighted by atomic mass is 32.2. The van der Waals surface area contributed by atoms with Crippen molar-refractivity contribution < 1.29 is 9.53 Å². The Morgan fingerprint density at radius 3 is 2.80 bits per heavy atom. The number of nitrogen functional groups attached to an aromatic ring is 1. The van der Waals surface area contributed by atoms with E-state index in [9.17, 15) is 4.79 Å². The van der Waals surface area contributed by atoms with Crippen LogP contribution in [0.1, 0.15) is 11.1 Å². The number of benzene rings is 1. The maximum atomic E-state index is 12.5. The first kappa shape index (κ1) is 18.7. The maximum Gasteiger partial charge on any atom is 0.233 e. The van der Waals surface area contributed by atoms with Crippen LogP contribution in [-0.4, -0.2) is 46.8 Å². The minimum atomic E-state index is -0.0440. The summed E-state index contributed by atoms with van der Waals surface area (Å²) in [7, 11) is 1.60. The highest BCUT2D eigenvalue weighted by molar-refractivity contribution is 7.99. The lowest BCUT2D eigenvalue weighted by atomic mass is 10.2. The van der Waals surface area contributed by atoms with Gasteiger partial charge in [-0.25, -0.2) is 9.97 Å². The maximum absolute atomic E-state index is 12.5. The third-order valence-electron chi connectivity index (χ3n) is 3.38. The second-order valence-electron chi connectivity index (χ2n) is 5.15. The molecular formula is C17H19N5O2S. The van der Waals surface area contributed by atoms with Crippen LogP contribution in [0.2, 0.25) is 0 Å². The summed E-state index contributed by atoms with van der Waals surface area (Å²) in [5.74, 6) is 0.257. The Morgan fingerprint density at radius 2 is 2.16 bits per heavy atom. The molecule has 7 nitrogen and oxygen atoms in total. The number of ether oxygens (including phenoxy) is 1. The molecule has 2 aromatic rings. The molecule has 0 bridgehead atoms. The third kappa shape index (κ3) is 5.74. The molecule has 0 atom stereocenters. The lowest BCUT2D eigenvalue weighted by molar-refractivity contribution is -0.129. The van der Waals surface area contributed by atoms with Crippen LogP contribution in [0.15, 0.2) is 41.7 Å². The number of hydrogen-bond donors (Lipinski definition) is 1. The molecule has 0 unspecified atom stereocenters. The first-order valence-corrected chi connectivity index (χ1v) is 8.58. The second kappa shape index (κ2) is 9.61. The molecule has 1 amide bonds. The molecule has 0 aliphatic heterocycles. The first-order valence-electron chi connectivity index (χ1n) is 7.60. The molecule has 0 saturated heterocycles. The van der Waals surface area contributed by atoms with Gasteiger partial charge in [-0.05, 0) is 5.56 Å². The van der Waals surface area contributed by atoms with E-state index >= 15 is 0 Å². The Balaban J connectivity index is 1.99. The van der Waals surface area contributed by atoms with Gasteiger partial charge < -0.3 is 15.4 Å². The molecule has 0 saturated carbocycles. The molecule has 0 fully saturated rings. The number of nitriles is 1. The molecule has 8 heteroatoms. The monoisotopic (exact) mass is 357 g/mol. The summed E-state index contributed by atoms with van der Waals surface area (Å²) in [6.45, 7) is 1.48. The van der Waals surface area contributed by atoms with Gasteiger partial charge in [0.1, 0.15) is 17.5 Å². The van der Waals surface area contributed by atoms with E-state index in [1.165, 1.54) is 18.0 Å². The first-order chi connectivity index (χ1) is 12.1. The summed E-state index contributed by atoms with van der Waals surface area (Å²) in [6.07, 6.45) is 1.36. The Kier molecular flexibility index (Phi) is 7.19. The quantitative estimate of drug-likeness (QED) is 0.566. The number of anilines is 1. The van der Waals surface area contributed by atoms with Crippen LogP contribution in [0.5, 0.6) is 0 Å². The van der Waals surface area contributed by atoms with Crippen molar-refractivity contribution in [2.75, 3.05) is 31.7 Å². The number of hydrogen-bond acceptors (Lipinski definition) is 7. The summed E-state index contributed by atoms with van der Waals surface area (Å²) < 4.78 is 5.09. The Hall–Kier alpha value is -2.63. The highest BCUT2D eigenvalue weighted by Gasteiger charge is 2.15. The lowest BCUT2D eigenvalue weighted by Crippen LogP contribution is -2.34. The molecule has 0 spiro atoms. The van der Waals surface area contributed by atoms with Crippen LogP contribution in [0.4, 0.5) is 5.82 Å². The van der Waals surface area contributed by atoms with E-state index in [-0.39, 0.29) is 23.0 Å². The topological polar surface area (TPSA) is 105 Å². The van der Waals surface area contributed by atoms with Gasteiger partial charge in [0.25, 0.3) is 0 Å². The van der Waals surface area contributed by atoms with E-state index in [0.29, 0.717) is 24.9 Å². The zero-order valence-electron chi connectivity index (χ0n) is 13.9. The average molecular weight is 357 g/mol. The number of carbonyl (C=O) groups excluding carboxylic acids is 1. The Bertz CT molecular complexity index is 748. The number of carbonyl (C=O) groups is 1. The molecule has 1 aromatic carbocycles. The van der Waals surface area contributed by atoms with E-state index < -0.39 is 0 Å². The van der Waals surface area contributed by atoms with Crippen molar-refractivity contribution in [3.63, 3.8) is 0 Å². The number of amides is 1. The number of rotatable bonds is 8. The molecule has 0 aliphatic rings. The predicted molar refractivity (Wildman–Crippen MR) is 95.6 cm³/mol. The van der Waals surface area contributed by atoms with Crippen LogP contribution < -0.4 is 5.73 Å². The summed E-state index contributed by atoms with van der Waals surface area (Å²) in [4.78, 5) is 22.4. The summed E-state index contributed by atoms with van der Waals surface area (Å²) in [5, 5.41) is 9.20. The Labute approximate surface area is 150 Å². The van der Waals surface area contributed by atoms with Crippen molar-refractivity contribution in [2.45, 2.75) is 11.7 Å². The SMILES string of the molecule is COCCN(Cc1ccccc1)C(=O)CSc1ncc(C#N)c(N)n1. The minimum Gasteiger partial charge on any atom is -0.383 e. The fourth-order valence-corrected chi connectivity index (χ4v) is 2.77. The fourth-order valence-electron chi connectivity index (χ4n) is 2.05. The van der Waals surface area contributed by atoms with Gasteiger partial charge in [-0.1, -0.05) is 42.1 Å². The molecular weight excluding hydrogens is 338 g/mol. The van der Waals surface area contributed by atoms with E-state index in [1.807, 2.05) is 36.4 Å². The summed E-state index contributed by atoms with van der Waals surface area (Å²) in [5.41, 5.74) is 6.94. The zero-order valence-corrected chi connectivity index (χ0v) is 14.7. The molecule has 1 heterocycles. The predicted octanol–water partition coefficient (Wildman–Crippen LogP) is 1.70. The van der Waals surface area contributed by atoms with Gasteiger partial charge in [0.2, 0.25) is 5.91 Å². The van der Waals surface area contributed by atoms with Gasteiger partial charge in [-0.3, -0.25) is 4.79 Å². The van der Waals surface area contributed by atoms with Crippen molar-refractivity contribution in [2.24, 2.45) is 0 Å². The van der Waals surface area contributed by atoms with Crippen molar-refractivity contribution in [1.29, 1.82) is 5.26 Å². The number of nitrogens with zero attached hydrogens (tertiary/aromatic N) is 4. The molecule has 0 radical (unpaired) electrons. The molecule has 2 N–H and O–H groups in total. The van der Waals surface area contributed by atoms with Crippen LogP contribution >= 0.6 is 11.8 Å².